The number of carboxylic acid groups (broad SMARTS) is 1. The van der Waals surface area contributed by atoms with Gasteiger partial charge in [0.1, 0.15) is 56.0 Å². The summed E-state index contributed by atoms with van der Waals surface area (Å²) in [5.74, 6) is 0.614. The molecule has 4 aliphatic heterocycles. The number of nitriles is 1. The lowest BCUT2D eigenvalue weighted by Gasteiger charge is -2.37. The quantitative estimate of drug-likeness (QED) is 0.0370. The lowest BCUT2D eigenvalue weighted by atomic mass is 9.75. The average molecular weight is 2000 g/mol. The highest BCUT2D eigenvalue weighted by molar-refractivity contribution is 7.90. The molecule has 0 aromatic carbocycles. The zero-order valence-corrected chi connectivity index (χ0v) is 87.7. The number of nitrogens with two attached hydrogens (primary N) is 1. The van der Waals surface area contributed by atoms with E-state index >= 15 is 0 Å². The number of amides is 4. The smallest absolute Gasteiger partial charge is 0.410 e. The molecule has 4 aliphatic carbocycles. The van der Waals surface area contributed by atoms with Gasteiger partial charge in [0.15, 0.2) is 15.1 Å². The van der Waals surface area contributed by atoms with Gasteiger partial charge < -0.3 is 45.2 Å². The fourth-order valence-electron chi connectivity index (χ4n) is 20.0. The second kappa shape index (κ2) is 42.4. The van der Waals surface area contributed by atoms with Gasteiger partial charge in [-0.25, -0.2) is 72.3 Å². The van der Waals surface area contributed by atoms with Crippen LogP contribution < -0.4 is 35.4 Å². The number of nitrogens with one attached hydrogen (secondary N) is 5. The number of anilines is 4. The van der Waals surface area contributed by atoms with Crippen molar-refractivity contribution in [3.63, 3.8) is 0 Å². The van der Waals surface area contributed by atoms with E-state index in [4.69, 9.17) is 64.8 Å². The molecule has 746 valence electrons. The van der Waals surface area contributed by atoms with E-state index in [2.05, 4.69) is 163 Å². The van der Waals surface area contributed by atoms with Crippen molar-refractivity contribution >= 4 is 118 Å². The first-order valence-electron chi connectivity index (χ1n) is 47.4. The van der Waals surface area contributed by atoms with E-state index in [1.807, 2.05) is 63.5 Å². The number of carbonyl (C=O) groups excluding carboxylic acids is 4. The number of hydrogen-bond donors (Lipinski definition) is 7. The predicted molar refractivity (Wildman–Crippen MR) is 534 cm³/mol. The van der Waals surface area contributed by atoms with Crippen LogP contribution in [0.5, 0.6) is 0 Å². The SMILES string of the molecule is CC(C)(C)OC(=O)N1C[C@@H](CCCNc2cccc(S(=O)(=O)NC(=O)c3cc4c(nc3Cl)C(C)(C)CCC4)n2)CC1(C)C.CC(C)(C)OC(=O)N1C[C@@H](CCCNc2cccc(S(N)(=O)=O)n2)CC1(C)C.CC1(C)CCCc2cc(C#N)c(Cl)nc21.CC1(C)CCCc2cc(C(=O)O)c(Cl)nc21.CC1(C)CCCc2cc3c(nc21)N1C[C@@H](CCCNc2cccc(n2)S(=O)(=O)NC3=O)CC1(C)C. The number of rotatable bonds is 15. The molecule has 37 heteroatoms. The maximum Gasteiger partial charge on any atom is 0.410 e. The van der Waals surface area contributed by atoms with Crippen LogP contribution >= 0.6 is 34.8 Å². The van der Waals surface area contributed by atoms with Crippen molar-refractivity contribution in [2.45, 2.75) is 338 Å². The Morgan fingerprint density at radius 1 is 0.562 bits per heavy atom. The molecule has 0 unspecified atom stereocenters. The minimum absolute atomic E-state index is 0.00570. The van der Waals surface area contributed by atoms with Gasteiger partial charge in [-0.1, -0.05) is 108 Å². The number of likely N-dealkylation sites (tertiary alicyclic amines) is 2. The van der Waals surface area contributed by atoms with Gasteiger partial charge in [0, 0.05) is 77.5 Å². The number of pyridine rings is 7. The highest BCUT2D eigenvalue weighted by atomic mass is 35.5. The highest BCUT2D eigenvalue weighted by Crippen LogP contribution is 2.46. The van der Waals surface area contributed by atoms with E-state index in [0.717, 1.165) is 181 Å². The first kappa shape index (κ1) is 108. The number of aromatic carboxylic acids is 1. The Morgan fingerprint density at radius 2 is 1.00 bits per heavy atom. The number of sulfonamides is 3. The van der Waals surface area contributed by atoms with Crippen LogP contribution in [0.3, 0.4) is 0 Å². The largest absolute Gasteiger partial charge is 0.478 e. The summed E-state index contributed by atoms with van der Waals surface area (Å²) in [4.78, 5) is 99.3. The first-order valence-corrected chi connectivity index (χ1v) is 53.1. The fraction of sp³-hybridized carbons (Fsp3) is 0.590. The number of hydrogen-bond acceptors (Lipinski definition) is 25. The summed E-state index contributed by atoms with van der Waals surface area (Å²) in [6.07, 6.45) is 19.6. The number of aryl methyl sites for hydroxylation is 4. The third-order valence-electron chi connectivity index (χ3n) is 26.8. The molecule has 7 aromatic rings. The lowest BCUT2D eigenvalue weighted by molar-refractivity contribution is 0.0118. The van der Waals surface area contributed by atoms with Crippen molar-refractivity contribution in [1.82, 2.24) is 54.1 Å². The van der Waals surface area contributed by atoms with Crippen LogP contribution in [0.2, 0.25) is 15.5 Å². The Labute approximate surface area is 824 Å². The molecule has 3 atom stereocenters. The summed E-state index contributed by atoms with van der Waals surface area (Å²) in [6.45, 7) is 45.0. The van der Waals surface area contributed by atoms with Gasteiger partial charge in [0.2, 0.25) is 0 Å². The Hall–Kier alpha value is -9.63. The maximum atomic E-state index is 13.6. The van der Waals surface area contributed by atoms with Gasteiger partial charge >= 0.3 is 18.2 Å². The lowest BCUT2D eigenvalue weighted by Crippen LogP contribution is -2.45. The van der Waals surface area contributed by atoms with Crippen LogP contribution in [-0.4, -0.2) is 172 Å². The van der Waals surface area contributed by atoms with Gasteiger partial charge in [-0.2, -0.15) is 22.1 Å². The monoisotopic (exact) mass is 2000 g/mol. The standard InChI is InChI=1S/C31H44ClN5O5S.C26H35N5O3S.C19H32N4O4S.C12H13ClN2.C12H14ClNO2/c1-29(2,3)42-28(39)37-19-20(18-31(37,6)7)11-10-16-33-23-13-8-14-24(34-23)43(40,41)36-27(38)22-17-21-12-9-15-30(4,5)25(21)35-26(22)32;1-25(2)12-6-9-18-14-19-23(29-22(18)25)31-16-17(15-26(31,3)4)8-7-13-27-20-10-5-11-21(28-20)35(33,34)30-24(19)32;1-18(2,3)27-17(24)23-13-14(12-19(23,4)5)8-7-11-21-15-9-6-10-16(22-15)28(20,25)26;1-12(2)5-3-4-8-6-9(7-14)11(13)15-10(8)12;1-12(2)5-3-4-7-6-8(11(15)16)10(13)14-9(7)12/h8,13-14,17,20H,9-12,15-16,18-19H2,1-7H3,(H,33,34)(H,36,38);5,10-11,14,17H,6-9,12-13,15-16H2,1-4H3,(H,27,28)(H,30,32);6,9-10,14H,7-8,11-13H2,1-5H3,(H,21,22)(H2,20,25,26);6H,3-5H2,1-2H3;6H,3-5H2,1-2H3,(H,15,16)/t20-;17-;14-;;/m000../s1. The molecule has 0 saturated carbocycles. The van der Waals surface area contributed by atoms with E-state index in [-0.39, 0.29) is 87.0 Å². The zero-order valence-electron chi connectivity index (χ0n) is 82.9. The molecule has 11 heterocycles. The molecule has 15 rings (SSSR count). The Balaban J connectivity index is 0.000000173. The van der Waals surface area contributed by atoms with Crippen molar-refractivity contribution in [3.05, 3.63) is 162 Å². The predicted octanol–water partition coefficient (Wildman–Crippen LogP) is 19.3. The molecular weight excluding hydrogens is 1870 g/mol. The molecule has 0 radical (unpaired) electrons. The van der Waals surface area contributed by atoms with Crippen LogP contribution in [0.4, 0.5) is 32.9 Å². The molecular formula is C100H138Cl3N17O14S3. The molecule has 0 spiro atoms. The summed E-state index contributed by atoms with van der Waals surface area (Å²) >= 11 is 18.2. The van der Waals surface area contributed by atoms with E-state index < -0.39 is 59.1 Å². The number of carbonyl (C=O) groups is 5. The maximum absolute atomic E-state index is 13.6. The number of aromatic nitrogens is 7. The number of nitrogens with zero attached hydrogens (tertiary/aromatic N) is 11. The van der Waals surface area contributed by atoms with Crippen LogP contribution in [0.25, 0.3) is 0 Å². The van der Waals surface area contributed by atoms with Crippen LogP contribution in [0.1, 0.15) is 329 Å². The highest BCUT2D eigenvalue weighted by Gasteiger charge is 2.47. The topological polar surface area (TPSA) is 436 Å². The number of primary sulfonamides is 1. The molecule has 3 fully saturated rings. The fourth-order valence-corrected chi connectivity index (χ4v) is 23.0. The van der Waals surface area contributed by atoms with Gasteiger partial charge in [-0.15, -0.1) is 0 Å². The van der Waals surface area contributed by atoms with Crippen molar-refractivity contribution < 1.29 is 63.8 Å². The van der Waals surface area contributed by atoms with Crippen molar-refractivity contribution in [3.8, 4) is 6.07 Å². The van der Waals surface area contributed by atoms with Crippen molar-refractivity contribution in [2.75, 3.05) is 60.1 Å². The van der Waals surface area contributed by atoms with Crippen molar-refractivity contribution in [1.29, 1.82) is 5.26 Å². The van der Waals surface area contributed by atoms with Crippen LogP contribution in [0.15, 0.2) is 93.9 Å². The molecule has 8 aliphatic rings. The molecule has 7 aromatic heterocycles. The summed E-state index contributed by atoms with van der Waals surface area (Å²) < 4.78 is 90.7. The summed E-state index contributed by atoms with van der Waals surface area (Å²) in [6, 6.07) is 23.2. The van der Waals surface area contributed by atoms with Gasteiger partial charge in [-0.3, -0.25) is 9.59 Å². The third kappa shape index (κ3) is 27.5. The van der Waals surface area contributed by atoms with E-state index in [1.165, 1.54) is 23.8 Å². The Bertz CT molecular complexity index is 6070. The molecule has 31 nitrogen and oxygen atoms in total. The summed E-state index contributed by atoms with van der Waals surface area (Å²) in [5, 5.41) is 32.3. The van der Waals surface area contributed by atoms with Gasteiger partial charge in [0.05, 0.1) is 45.0 Å². The minimum atomic E-state index is -4.26. The Morgan fingerprint density at radius 3 is 1.47 bits per heavy atom. The van der Waals surface area contributed by atoms with E-state index in [0.29, 0.717) is 90.0 Å². The second-order valence-corrected chi connectivity index (χ2v) is 49.7. The van der Waals surface area contributed by atoms with Crippen LogP contribution in [0, 0.1) is 29.1 Å². The number of halogens is 3. The van der Waals surface area contributed by atoms with E-state index in [9.17, 15) is 49.2 Å². The van der Waals surface area contributed by atoms with Crippen molar-refractivity contribution in [2.24, 2.45) is 22.9 Å². The zero-order chi connectivity index (χ0) is 101. The summed E-state index contributed by atoms with van der Waals surface area (Å²) in [5.41, 5.74) is 7.05. The minimum Gasteiger partial charge on any atom is -0.478 e. The number of fused-ring (bicyclic) bond motifs is 10. The van der Waals surface area contributed by atoms with E-state index in [1.54, 1.807) is 48.5 Å². The summed E-state index contributed by atoms with van der Waals surface area (Å²) in [7, 11) is -12.2. The molecule has 4 bridgehead atoms. The molecule has 3 saturated heterocycles. The Kier molecular flexibility index (Phi) is 33.4. The van der Waals surface area contributed by atoms with Crippen LogP contribution in [-0.2, 0) is 86.9 Å². The number of ether oxygens (including phenoxy) is 2. The number of carboxylic acids is 1. The molecule has 137 heavy (non-hydrogen) atoms. The normalized spacial score (nSPS) is 20.5. The average Bonchev–Trinajstić information content (AvgIpc) is 1.63. The van der Waals surface area contributed by atoms with Gasteiger partial charge in [0.25, 0.3) is 41.9 Å². The molecule has 8 N–H and O–H groups in total. The van der Waals surface area contributed by atoms with Gasteiger partial charge in [-0.05, 0) is 319 Å². The third-order valence-corrected chi connectivity index (χ3v) is 30.9. The first-order chi connectivity index (χ1) is 63.6. The second-order valence-electron chi connectivity index (χ2n) is 43.9. The molecule has 4 amide bonds.